The number of fused-ring (bicyclic) bond motifs is 1. The summed E-state index contributed by atoms with van der Waals surface area (Å²) in [6, 6.07) is 0. The predicted octanol–water partition coefficient (Wildman–Crippen LogP) is 3.35. The molecule has 2 aliphatic rings. The van der Waals surface area contributed by atoms with Gasteiger partial charge in [0.2, 0.25) is 0 Å². The number of esters is 1. The van der Waals surface area contributed by atoms with Crippen LogP contribution in [0.3, 0.4) is 0 Å². The highest BCUT2D eigenvalue weighted by atomic mass is 19.1. The van der Waals surface area contributed by atoms with Crippen molar-refractivity contribution in [2.24, 2.45) is 5.92 Å². The van der Waals surface area contributed by atoms with Crippen LogP contribution < -0.4 is 0 Å². The van der Waals surface area contributed by atoms with Crippen molar-refractivity contribution in [2.45, 2.75) is 76.5 Å². The van der Waals surface area contributed by atoms with Crippen molar-refractivity contribution in [2.75, 3.05) is 0 Å². The van der Waals surface area contributed by atoms with Crippen molar-refractivity contribution in [3.8, 4) is 0 Å². The van der Waals surface area contributed by atoms with Gasteiger partial charge < -0.3 is 4.74 Å². The molecule has 0 N–H and O–H groups in total. The number of carbonyl (C=O) groups is 2. The van der Waals surface area contributed by atoms with Gasteiger partial charge in [0.15, 0.2) is 11.4 Å². The molecule has 2 unspecified atom stereocenters. The van der Waals surface area contributed by atoms with Crippen LogP contribution in [0.25, 0.3) is 0 Å². The van der Waals surface area contributed by atoms with Crippen molar-refractivity contribution >= 4 is 11.8 Å². The van der Waals surface area contributed by atoms with Crippen LogP contribution in [-0.4, -0.2) is 23.5 Å². The first-order valence-corrected chi connectivity index (χ1v) is 7.47. The first-order chi connectivity index (χ1) is 9.08. The highest BCUT2D eigenvalue weighted by molar-refractivity contribution is 5.93. The van der Waals surface area contributed by atoms with Gasteiger partial charge in [-0.1, -0.05) is 19.8 Å². The van der Waals surface area contributed by atoms with Gasteiger partial charge in [-0.3, -0.25) is 9.59 Å². The molecule has 0 aromatic rings. The number of rotatable bonds is 7. The normalized spacial score (nSPS) is 31.1. The van der Waals surface area contributed by atoms with Crippen LogP contribution in [0.4, 0.5) is 4.39 Å². The van der Waals surface area contributed by atoms with E-state index in [0.29, 0.717) is 19.3 Å². The Morgan fingerprint density at radius 3 is 3.05 bits per heavy atom. The van der Waals surface area contributed by atoms with Gasteiger partial charge in [-0.2, -0.15) is 0 Å². The van der Waals surface area contributed by atoms with E-state index in [-0.39, 0.29) is 30.5 Å². The third-order valence-corrected chi connectivity index (χ3v) is 4.50. The fraction of sp³-hybridized carbons (Fsp3) is 0.867. The SMILES string of the molecule is CCCC[C@@H](F)CCC(=O)C12CCCC1CC(=O)O2. The average molecular weight is 270 g/mol. The van der Waals surface area contributed by atoms with Crippen molar-refractivity contribution in [1.29, 1.82) is 0 Å². The van der Waals surface area contributed by atoms with Gasteiger partial charge in [-0.25, -0.2) is 4.39 Å². The number of unbranched alkanes of at least 4 members (excludes halogenated alkanes) is 1. The van der Waals surface area contributed by atoms with Gasteiger partial charge in [0, 0.05) is 12.3 Å². The lowest BCUT2D eigenvalue weighted by molar-refractivity contribution is -0.158. The molecule has 1 heterocycles. The molecule has 1 saturated carbocycles. The molecule has 0 bridgehead atoms. The van der Waals surface area contributed by atoms with Gasteiger partial charge in [-0.05, 0) is 32.1 Å². The van der Waals surface area contributed by atoms with Gasteiger partial charge in [0.1, 0.15) is 6.17 Å². The van der Waals surface area contributed by atoms with Gasteiger partial charge in [0.25, 0.3) is 0 Å². The molecule has 4 heteroatoms. The number of carbonyl (C=O) groups excluding carboxylic acids is 2. The van der Waals surface area contributed by atoms with E-state index in [1.54, 1.807) is 0 Å². The lowest BCUT2D eigenvalue weighted by Crippen LogP contribution is -2.40. The van der Waals surface area contributed by atoms with E-state index in [1.807, 2.05) is 6.92 Å². The van der Waals surface area contributed by atoms with E-state index in [9.17, 15) is 14.0 Å². The summed E-state index contributed by atoms with van der Waals surface area (Å²) >= 11 is 0. The van der Waals surface area contributed by atoms with E-state index in [4.69, 9.17) is 4.74 Å². The lowest BCUT2D eigenvalue weighted by Gasteiger charge is -2.26. The van der Waals surface area contributed by atoms with Crippen LogP contribution in [0.15, 0.2) is 0 Å². The summed E-state index contributed by atoms with van der Waals surface area (Å²) < 4.78 is 18.9. The van der Waals surface area contributed by atoms with Crippen LogP contribution in [0, 0.1) is 5.92 Å². The highest BCUT2D eigenvalue weighted by Crippen LogP contribution is 2.47. The number of hydrogen-bond acceptors (Lipinski definition) is 3. The topological polar surface area (TPSA) is 43.4 Å². The smallest absolute Gasteiger partial charge is 0.307 e. The van der Waals surface area contributed by atoms with Crippen LogP contribution in [0.1, 0.15) is 64.7 Å². The number of hydrogen-bond donors (Lipinski definition) is 0. The van der Waals surface area contributed by atoms with Gasteiger partial charge in [0.05, 0.1) is 6.42 Å². The fourth-order valence-electron chi connectivity index (χ4n) is 3.39. The predicted molar refractivity (Wildman–Crippen MR) is 69.4 cm³/mol. The standard InChI is InChI=1S/C15H23FO3/c1-2-3-6-12(16)7-8-13(17)15-9-4-5-11(15)10-14(18)19-15/h11-12H,2-10H2,1H3/t11?,12-,15?/m1/s1. The largest absolute Gasteiger partial charge is 0.451 e. The summed E-state index contributed by atoms with van der Waals surface area (Å²) in [6.07, 6.45) is 4.73. The van der Waals surface area contributed by atoms with E-state index in [0.717, 1.165) is 25.7 Å². The maximum Gasteiger partial charge on any atom is 0.307 e. The first-order valence-electron chi connectivity index (χ1n) is 7.47. The maximum absolute atomic E-state index is 13.6. The summed E-state index contributed by atoms with van der Waals surface area (Å²) in [5, 5.41) is 0. The number of Topliss-reactive ketones (excluding diaryl/α,β-unsaturated/α-hetero) is 1. The number of ether oxygens (including phenoxy) is 1. The van der Waals surface area contributed by atoms with Crippen LogP contribution in [0.2, 0.25) is 0 Å². The fourth-order valence-corrected chi connectivity index (χ4v) is 3.39. The molecule has 1 aliphatic carbocycles. The molecule has 2 rings (SSSR count). The van der Waals surface area contributed by atoms with Crippen molar-refractivity contribution in [1.82, 2.24) is 0 Å². The van der Waals surface area contributed by atoms with Crippen molar-refractivity contribution in [3.05, 3.63) is 0 Å². The van der Waals surface area contributed by atoms with Gasteiger partial charge >= 0.3 is 5.97 Å². The van der Waals surface area contributed by atoms with Gasteiger partial charge in [-0.15, -0.1) is 0 Å². The molecule has 3 atom stereocenters. The van der Waals surface area contributed by atoms with Crippen molar-refractivity contribution in [3.63, 3.8) is 0 Å². The molecule has 0 amide bonds. The Labute approximate surface area is 113 Å². The molecule has 1 saturated heterocycles. The number of halogens is 1. The maximum atomic E-state index is 13.6. The summed E-state index contributed by atoms with van der Waals surface area (Å²) in [7, 11) is 0. The Balaban J connectivity index is 1.87. The number of alkyl halides is 1. The molecule has 0 spiro atoms. The molecule has 0 aromatic carbocycles. The minimum Gasteiger partial charge on any atom is -0.451 e. The summed E-state index contributed by atoms with van der Waals surface area (Å²) in [4.78, 5) is 23.7. The zero-order valence-corrected chi connectivity index (χ0v) is 11.6. The highest BCUT2D eigenvalue weighted by Gasteiger charge is 2.56. The Morgan fingerprint density at radius 1 is 1.53 bits per heavy atom. The van der Waals surface area contributed by atoms with Crippen molar-refractivity contribution < 1.29 is 18.7 Å². The van der Waals surface area contributed by atoms with E-state index in [1.165, 1.54) is 0 Å². The number of ketones is 1. The molecule has 108 valence electrons. The summed E-state index contributed by atoms with van der Waals surface area (Å²) in [5.74, 6) is -0.276. The molecule has 19 heavy (non-hydrogen) atoms. The molecule has 3 nitrogen and oxygen atoms in total. The third-order valence-electron chi connectivity index (χ3n) is 4.50. The Hall–Kier alpha value is -0.930. The second-order valence-electron chi connectivity index (χ2n) is 5.86. The molecule has 0 radical (unpaired) electrons. The first kappa shape index (κ1) is 14.5. The van der Waals surface area contributed by atoms with Crippen LogP contribution >= 0.6 is 0 Å². The monoisotopic (exact) mass is 270 g/mol. The zero-order chi connectivity index (χ0) is 13.9. The minimum atomic E-state index is -0.905. The Bertz CT molecular complexity index is 355. The van der Waals surface area contributed by atoms with Crippen LogP contribution in [-0.2, 0) is 14.3 Å². The quantitative estimate of drug-likeness (QED) is 0.666. The minimum absolute atomic E-state index is 0.0428. The summed E-state index contributed by atoms with van der Waals surface area (Å²) in [5.41, 5.74) is -0.887. The second-order valence-corrected chi connectivity index (χ2v) is 5.86. The lowest BCUT2D eigenvalue weighted by atomic mass is 9.84. The van der Waals surface area contributed by atoms with E-state index < -0.39 is 11.8 Å². The zero-order valence-electron chi connectivity index (χ0n) is 11.6. The van der Waals surface area contributed by atoms with E-state index in [2.05, 4.69) is 0 Å². The Morgan fingerprint density at radius 2 is 2.32 bits per heavy atom. The molecular formula is C15H23FO3. The average Bonchev–Trinajstić information content (AvgIpc) is 2.89. The van der Waals surface area contributed by atoms with Crippen LogP contribution in [0.5, 0.6) is 0 Å². The molecule has 0 aromatic heterocycles. The molecule has 1 aliphatic heterocycles. The summed E-state index contributed by atoms with van der Waals surface area (Å²) in [6.45, 7) is 2.03. The molecular weight excluding hydrogens is 247 g/mol. The second kappa shape index (κ2) is 6.02. The Kier molecular flexibility index (Phi) is 4.58. The molecule has 2 fully saturated rings. The van der Waals surface area contributed by atoms with E-state index >= 15 is 0 Å². The third kappa shape index (κ3) is 2.98.